The van der Waals surface area contributed by atoms with Gasteiger partial charge in [-0.05, 0) is 19.1 Å². The highest BCUT2D eigenvalue weighted by atomic mass is 35.5. The van der Waals surface area contributed by atoms with Gasteiger partial charge in [-0.2, -0.15) is 0 Å². The molecule has 5 heteroatoms. The van der Waals surface area contributed by atoms with Gasteiger partial charge < -0.3 is 5.32 Å². The van der Waals surface area contributed by atoms with Gasteiger partial charge in [-0.3, -0.25) is 4.21 Å². The summed E-state index contributed by atoms with van der Waals surface area (Å²) < 4.78 is 11.9. The molecule has 1 aromatic rings. The second kappa shape index (κ2) is 5.85. The van der Waals surface area contributed by atoms with Crippen molar-refractivity contribution in [3.63, 3.8) is 0 Å². The van der Waals surface area contributed by atoms with E-state index in [-0.39, 0.29) is 5.25 Å². The van der Waals surface area contributed by atoms with Crippen molar-refractivity contribution in [1.29, 1.82) is 0 Å². The lowest BCUT2D eigenvalue weighted by Crippen LogP contribution is -2.26. The number of hydrogen-bond acceptors (Lipinski definition) is 3. The first-order valence-corrected chi connectivity index (χ1v) is 7.18. The second-order valence-corrected chi connectivity index (χ2v) is 6.75. The largest absolute Gasteiger partial charge is 0.311 e. The van der Waals surface area contributed by atoms with Crippen LogP contribution in [-0.4, -0.2) is 22.3 Å². The van der Waals surface area contributed by atoms with Gasteiger partial charge >= 0.3 is 0 Å². The molecule has 0 fully saturated rings. The second-order valence-electron chi connectivity index (χ2n) is 3.15. The molecular formula is C9H14ClNOS2. The van der Waals surface area contributed by atoms with Gasteiger partial charge in [0.25, 0.3) is 0 Å². The Bertz CT molecular complexity index is 314. The summed E-state index contributed by atoms with van der Waals surface area (Å²) in [6, 6.07) is 3.90. The molecule has 0 aromatic carbocycles. The number of halogens is 1. The minimum Gasteiger partial charge on any atom is -0.311 e. The summed E-state index contributed by atoms with van der Waals surface area (Å²) in [4.78, 5) is 1.21. The molecule has 0 spiro atoms. The Hall–Kier alpha value is 0.1000. The third kappa shape index (κ3) is 4.09. The highest BCUT2D eigenvalue weighted by Gasteiger charge is 2.05. The van der Waals surface area contributed by atoms with E-state index in [4.69, 9.17) is 11.6 Å². The van der Waals surface area contributed by atoms with Crippen LogP contribution < -0.4 is 5.32 Å². The standard InChI is InChI=1S/C9H14ClNOS2/c1-7(14(2)12)5-11-6-8-3-4-9(10)13-8/h3-4,7,11H,5-6H2,1-2H3. The van der Waals surface area contributed by atoms with Gasteiger partial charge in [0, 0.05) is 40.3 Å². The molecule has 0 aliphatic heterocycles. The summed E-state index contributed by atoms with van der Waals surface area (Å²) in [5.41, 5.74) is 0. The molecule has 0 bridgehead atoms. The molecule has 2 nitrogen and oxygen atoms in total. The van der Waals surface area contributed by atoms with Crippen LogP contribution in [0.15, 0.2) is 12.1 Å². The highest BCUT2D eigenvalue weighted by Crippen LogP contribution is 2.20. The summed E-state index contributed by atoms with van der Waals surface area (Å²) in [5.74, 6) is 0. The molecule has 0 aliphatic carbocycles. The van der Waals surface area contributed by atoms with Crippen LogP contribution in [0.25, 0.3) is 0 Å². The van der Waals surface area contributed by atoms with Gasteiger partial charge in [0.15, 0.2) is 0 Å². The minimum atomic E-state index is -0.748. The molecule has 0 amide bonds. The zero-order valence-electron chi connectivity index (χ0n) is 8.25. The van der Waals surface area contributed by atoms with Gasteiger partial charge in [-0.1, -0.05) is 11.6 Å². The first-order chi connectivity index (χ1) is 6.59. The van der Waals surface area contributed by atoms with E-state index in [1.54, 1.807) is 17.6 Å². The Morgan fingerprint density at radius 2 is 2.36 bits per heavy atom. The van der Waals surface area contributed by atoms with Gasteiger partial charge in [0.1, 0.15) is 0 Å². The van der Waals surface area contributed by atoms with Crippen LogP contribution in [0.4, 0.5) is 0 Å². The maximum atomic E-state index is 11.0. The maximum absolute atomic E-state index is 11.0. The van der Waals surface area contributed by atoms with Crippen molar-refractivity contribution in [1.82, 2.24) is 5.32 Å². The van der Waals surface area contributed by atoms with Crippen molar-refractivity contribution in [2.24, 2.45) is 0 Å². The fraction of sp³-hybridized carbons (Fsp3) is 0.556. The van der Waals surface area contributed by atoms with Gasteiger partial charge in [0.05, 0.1) is 4.34 Å². The van der Waals surface area contributed by atoms with Crippen LogP contribution in [0, 0.1) is 0 Å². The van der Waals surface area contributed by atoms with Crippen LogP contribution in [0.5, 0.6) is 0 Å². The molecule has 2 atom stereocenters. The van der Waals surface area contributed by atoms with Crippen molar-refractivity contribution in [3.8, 4) is 0 Å². The molecule has 1 N–H and O–H groups in total. The smallest absolute Gasteiger partial charge is 0.0931 e. The Labute approximate surface area is 96.1 Å². The minimum absolute atomic E-state index is 0.199. The topological polar surface area (TPSA) is 29.1 Å². The van der Waals surface area contributed by atoms with Gasteiger partial charge in [-0.15, -0.1) is 11.3 Å². The number of nitrogens with one attached hydrogen (secondary N) is 1. The molecule has 0 radical (unpaired) electrons. The summed E-state index contributed by atoms with van der Waals surface area (Å²) in [7, 11) is -0.748. The Balaban J connectivity index is 2.25. The summed E-state index contributed by atoms with van der Waals surface area (Å²) >= 11 is 7.37. The lowest BCUT2D eigenvalue weighted by Gasteiger charge is -2.08. The molecule has 1 rings (SSSR count). The van der Waals surface area contributed by atoms with Crippen molar-refractivity contribution >= 4 is 33.7 Å². The third-order valence-electron chi connectivity index (χ3n) is 1.93. The van der Waals surface area contributed by atoms with E-state index in [2.05, 4.69) is 5.32 Å². The first-order valence-electron chi connectivity index (χ1n) is 4.36. The van der Waals surface area contributed by atoms with E-state index < -0.39 is 10.8 Å². The summed E-state index contributed by atoms with van der Waals surface area (Å²) in [6.07, 6.45) is 1.73. The van der Waals surface area contributed by atoms with E-state index in [9.17, 15) is 4.21 Å². The quantitative estimate of drug-likeness (QED) is 0.870. The molecule has 0 saturated carbocycles. The first kappa shape index (κ1) is 12.2. The van der Waals surface area contributed by atoms with Crippen LogP contribution in [0.1, 0.15) is 11.8 Å². The molecular weight excluding hydrogens is 238 g/mol. The Morgan fingerprint density at radius 3 is 2.86 bits per heavy atom. The number of thiophene rings is 1. The van der Waals surface area contributed by atoms with Crippen LogP contribution in [-0.2, 0) is 17.3 Å². The van der Waals surface area contributed by atoms with E-state index in [0.29, 0.717) is 0 Å². The molecule has 2 unspecified atom stereocenters. The summed E-state index contributed by atoms with van der Waals surface area (Å²) in [5, 5.41) is 3.45. The zero-order valence-corrected chi connectivity index (χ0v) is 10.6. The van der Waals surface area contributed by atoms with E-state index >= 15 is 0 Å². The number of hydrogen-bond donors (Lipinski definition) is 1. The predicted octanol–water partition coefficient (Wildman–Crippen LogP) is 2.26. The lowest BCUT2D eigenvalue weighted by molar-refractivity contribution is 0.650. The van der Waals surface area contributed by atoms with Crippen molar-refractivity contribution in [2.75, 3.05) is 12.8 Å². The van der Waals surface area contributed by atoms with Gasteiger partial charge in [-0.25, -0.2) is 0 Å². The average molecular weight is 252 g/mol. The van der Waals surface area contributed by atoms with E-state index in [0.717, 1.165) is 17.4 Å². The van der Waals surface area contributed by atoms with Crippen LogP contribution in [0.3, 0.4) is 0 Å². The Morgan fingerprint density at radius 1 is 1.64 bits per heavy atom. The normalized spacial score (nSPS) is 15.4. The predicted molar refractivity (Wildman–Crippen MR) is 64.6 cm³/mol. The molecule has 1 aromatic heterocycles. The fourth-order valence-electron chi connectivity index (χ4n) is 0.963. The van der Waals surface area contributed by atoms with Crippen molar-refractivity contribution < 1.29 is 4.21 Å². The van der Waals surface area contributed by atoms with Crippen molar-refractivity contribution in [3.05, 3.63) is 21.3 Å². The number of rotatable bonds is 5. The van der Waals surface area contributed by atoms with E-state index in [1.165, 1.54) is 4.88 Å². The van der Waals surface area contributed by atoms with Gasteiger partial charge in [0.2, 0.25) is 0 Å². The SMILES string of the molecule is CC(CNCc1ccc(Cl)s1)S(C)=O. The Kier molecular flexibility index (Phi) is 5.09. The highest BCUT2D eigenvalue weighted by molar-refractivity contribution is 7.84. The molecule has 80 valence electrons. The molecule has 1 heterocycles. The maximum Gasteiger partial charge on any atom is 0.0931 e. The van der Waals surface area contributed by atoms with Crippen LogP contribution in [0.2, 0.25) is 4.34 Å². The zero-order chi connectivity index (χ0) is 10.6. The molecule has 14 heavy (non-hydrogen) atoms. The van der Waals surface area contributed by atoms with Crippen LogP contribution >= 0.6 is 22.9 Å². The van der Waals surface area contributed by atoms with Crippen molar-refractivity contribution in [2.45, 2.75) is 18.7 Å². The lowest BCUT2D eigenvalue weighted by atomic mass is 10.4. The van der Waals surface area contributed by atoms with E-state index in [1.807, 2.05) is 19.1 Å². The fourth-order valence-corrected chi connectivity index (χ4v) is 2.37. The average Bonchev–Trinajstić information content (AvgIpc) is 2.51. The monoisotopic (exact) mass is 251 g/mol. The molecule has 0 aliphatic rings. The molecule has 0 saturated heterocycles. The summed E-state index contributed by atoms with van der Waals surface area (Å²) in [6.45, 7) is 3.56. The third-order valence-corrected chi connectivity index (χ3v) is 4.46.